The highest BCUT2D eigenvalue weighted by Crippen LogP contribution is 2.42. The summed E-state index contributed by atoms with van der Waals surface area (Å²) in [6, 6.07) is 8.92. The van der Waals surface area contributed by atoms with E-state index in [0.717, 1.165) is 12.5 Å². The highest BCUT2D eigenvalue weighted by atomic mass is 32.2. The molecule has 0 bridgehead atoms. The number of carbonyl (C=O) groups excluding carboxylic acids is 1. The first-order chi connectivity index (χ1) is 10.3. The van der Waals surface area contributed by atoms with E-state index in [1.165, 1.54) is 50.0 Å². The summed E-state index contributed by atoms with van der Waals surface area (Å²) in [5.41, 5.74) is 2.62. The van der Waals surface area contributed by atoms with Crippen LogP contribution < -0.4 is 4.90 Å². The van der Waals surface area contributed by atoms with E-state index in [-0.39, 0.29) is 5.37 Å². The lowest BCUT2D eigenvalue weighted by atomic mass is 10.1. The Morgan fingerprint density at radius 3 is 2.48 bits per heavy atom. The van der Waals surface area contributed by atoms with Gasteiger partial charge in [0.15, 0.2) is 0 Å². The normalized spacial score (nSPS) is 25.9. The van der Waals surface area contributed by atoms with Crippen molar-refractivity contribution in [2.24, 2.45) is 5.92 Å². The van der Waals surface area contributed by atoms with E-state index in [1.54, 1.807) is 11.8 Å². The third-order valence-corrected chi connectivity index (χ3v) is 6.03. The molecular formula is C17H22N2OS. The van der Waals surface area contributed by atoms with Crippen molar-refractivity contribution >= 4 is 23.4 Å². The van der Waals surface area contributed by atoms with Gasteiger partial charge in [-0.1, -0.05) is 12.1 Å². The van der Waals surface area contributed by atoms with Crippen LogP contribution in [0.4, 0.5) is 5.69 Å². The topological polar surface area (TPSA) is 23.6 Å². The maximum atomic E-state index is 12.1. The van der Waals surface area contributed by atoms with Crippen LogP contribution in [0.2, 0.25) is 0 Å². The number of nitrogens with zero attached hydrogens (tertiary/aromatic N) is 2. The Balaban J connectivity index is 1.50. The zero-order valence-corrected chi connectivity index (χ0v) is 13.1. The average molecular weight is 302 g/mol. The van der Waals surface area contributed by atoms with Crippen molar-refractivity contribution < 1.29 is 4.79 Å². The maximum absolute atomic E-state index is 12.1. The molecule has 1 atom stereocenters. The van der Waals surface area contributed by atoms with Crippen LogP contribution in [-0.2, 0) is 4.79 Å². The van der Waals surface area contributed by atoms with Crippen LogP contribution in [0.3, 0.4) is 0 Å². The zero-order valence-electron chi connectivity index (χ0n) is 12.3. The van der Waals surface area contributed by atoms with Crippen molar-refractivity contribution in [3.05, 3.63) is 29.8 Å². The monoisotopic (exact) mass is 302 g/mol. The van der Waals surface area contributed by atoms with E-state index in [9.17, 15) is 4.79 Å². The number of amides is 1. The van der Waals surface area contributed by atoms with Gasteiger partial charge < -0.3 is 9.80 Å². The molecule has 1 aliphatic carbocycles. The Morgan fingerprint density at radius 2 is 1.81 bits per heavy atom. The molecule has 4 rings (SSSR count). The minimum Gasteiger partial charge on any atom is -0.372 e. The van der Waals surface area contributed by atoms with Gasteiger partial charge in [-0.15, -0.1) is 11.8 Å². The maximum Gasteiger partial charge on any atom is 0.233 e. The van der Waals surface area contributed by atoms with Gasteiger partial charge in [-0.25, -0.2) is 0 Å². The molecule has 1 unspecified atom stereocenters. The quantitative estimate of drug-likeness (QED) is 0.853. The largest absolute Gasteiger partial charge is 0.372 e. The van der Waals surface area contributed by atoms with Crippen molar-refractivity contribution in [1.82, 2.24) is 4.90 Å². The minimum atomic E-state index is 0.241. The smallest absolute Gasteiger partial charge is 0.233 e. The van der Waals surface area contributed by atoms with Crippen LogP contribution in [-0.4, -0.2) is 36.2 Å². The van der Waals surface area contributed by atoms with Crippen LogP contribution in [0.25, 0.3) is 0 Å². The fraction of sp³-hybridized carbons (Fsp3) is 0.588. The average Bonchev–Trinajstić information content (AvgIpc) is 3.02. The molecule has 2 heterocycles. The van der Waals surface area contributed by atoms with Gasteiger partial charge in [0.05, 0.1) is 5.75 Å². The fourth-order valence-electron chi connectivity index (χ4n) is 3.33. The number of rotatable bonds is 4. The van der Waals surface area contributed by atoms with Gasteiger partial charge in [-0.2, -0.15) is 0 Å². The van der Waals surface area contributed by atoms with Crippen LogP contribution in [0.1, 0.15) is 36.6 Å². The summed E-state index contributed by atoms with van der Waals surface area (Å²) in [7, 11) is 0. The standard InChI is InChI=1S/C17H22N2OS/c20-16-12-21-17(19(16)11-13-3-4-13)14-5-7-15(8-6-14)18-9-1-2-10-18/h5-8,13,17H,1-4,9-12H2. The number of benzene rings is 1. The first-order valence-corrected chi connectivity index (χ1v) is 9.12. The molecule has 1 saturated carbocycles. The lowest BCUT2D eigenvalue weighted by Crippen LogP contribution is -2.30. The van der Waals surface area contributed by atoms with Gasteiger partial charge in [0.2, 0.25) is 5.91 Å². The molecular weight excluding hydrogens is 280 g/mol. The Hall–Kier alpha value is -1.16. The SMILES string of the molecule is O=C1CSC(c2ccc(N3CCCC3)cc2)N1CC1CC1. The predicted molar refractivity (Wildman–Crippen MR) is 87.5 cm³/mol. The minimum absolute atomic E-state index is 0.241. The van der Waals surface area contributed by atoms with Gasteiger partial charge in [0, 0.05) is 25.3 Å². The second-order valence-corrected chi connectivity index (χ2v) is 7.51. The van der Waals surface area contributed by atoms with Gasteiger partial charge in [0.1, 0.15) is 5.37 Å². The summed E-state index contributed by atoms with van der Waals surface area (Å²) in [5.74, 6) is 1.73. The Bertz CT molecular complexity index is 520. The lowest BCUT2D eigenvalue weighted by molar-refractivity contribution is -0.128. The van der Waals surface area contributed by atoms with Crippen LogP contribution in [0, 0.1) is 5.92 Å². The molecule has 0 N–H and O–H groups in total. The second-order valence-electron chi connectivity index (χ2n) is 6.44. The molecule has 3 fully saturated rings. The molecule has 3 aliphatic rings. The third-order valence-electron chi connectivity index (χ3n) is 4.77. The first kappa shape index (κ1) is 13.5. The van der Waals surface area contributed by atoms with Crippen molar-refractivity contribution in [3.63, 3.8) is 0 Å². The summed E-state index contributed by atoms with van der Waals surface area (Å²) < 4.78 is 0. The predicted octanol–water partition coefficient (Wildman–Crippen LogP) is 3.27. The van der Waals surface area contributed by atoms with Crippen LogP contribution in [0.15, 0.2) is 24.3 Å². The molecule has 1 aromatic rings. The number of hydrogen-bond donors (Lipinski definition) is 0. The molecule has 2 aliphatic heterocycles. The first-order valence-electron chi connectivity index (χ1n) is 8.07. The van der Waals surface area contributed by atoms with Gasteiger partial charge >= 0.3 is 0 Å². The molecule has 2 saturated heterocycles. The Morgan fingerprint density at radius 1 is 1.10 bits per heavy atom. The number of carbonyl (C=O) groups is 1. The summed E-state index contributed by atoms with van der Waals surface area (Å²) in [6.07, 6.45) is 5.22. The summed E-state index contributed by atoms with van der Waals surface area (Å²) in [5, 5.41) is 0.241. The summed E-state index contributed by atoms with van der Waals surface area (Å²) in [4.78, 5) is 16.7. The Kier molecular flexibility index (Phi) is 3.57. The molecule has 112 valence electrons. The van der Waals surface area contributed by atoms with Crippen molar-refractivity contribution in [1.29, 1.82) is 0 Å². The lowest BCUT2D eigenvalue weighted by Gasteiger charge is -2.25. The van der Waals surface area contributed by atoms with Gasteiger partial charge in [0.25, 0.3) is 0 Å². The zero-order chi connectivity index (χ0) is 14.2. The van der Waals surface area contributed by atoms with Crippen molar-refractivity contribution in [2.45, 2.75) is 31.1 Å². The van der Waals surface area contributed by atoms with E-state index in [4.69, 9.17) is 0 Å². The second kappa shape index (κ2) is 5.56. The number of thioether (sulfide) groups is 1. The number of anilines is 1. The van der Waals surface area contributed by atoms with E-state index in [0.29, 0.717) is 11.7 Å². The molecule has 1 amide bonds. The highest BCUT2D eigenvalue weighted by Gasteiger charge is 2.36. The molecule has 21 heavy (non-hydrogen) atoms. The van der Waals surface area contributed by atoms with Crippen LogP contribution >= 0.6 is 11.8 Å². The molecule has 0 aromatic heterocycles. The van der Waals surface area contributed by atoms with Crippen LogP contribution in [0.5, 0.6) is 0 Å². The number of hydrogen-bond acceptors (Lipinski definition) is 3. The van der Waals surface area contributed by atoms with E-state index >= 15 is 0 Å². The van der Waals surface area contributed by atoms with E-state index in [1.807, 2.05) is 0 Å². The molecule has 3 nitrogen and oxygen atoms in total. The Labute approximate surface area is 130 Å². The van der Waals surface area contributed by atoms with Gasteiger partial charge in [-0.05, 0) is 49.3 Å². The fourth-order valence-corrected chi connectivity index (χ4v) is 4.53. The molecule has 4 heteroatoms. The van der Waals surface area contributed by atoms with Crippen molar-refractivity contribution in [2.75, 3.05) is 30.3 Å². The molecule has 1 aromatic carbocycles. The van der Waals surface area contributed by atoms with E-state index in [2.05, 4.69) is 34.1 Å². The molecule has 0 radical (unpaired) electrons. The summed E-state index contributed by atoms with van der Waals surface area (Å²) >= 11 is 1.78. The molecule has 0 spiro atoms. The van der Waals surface area contributed by atoms with Gasteiger partial charge in [-0.3, -0.25) is 4.79 Å². The summed E-state index contributed by atoms with van der Waals surface area (Å²) in [6.45, 7) is 3.33. The highest BCUT2D eigenvalue weighted by molar-refractivity contribution is 8.00. The van der Waals surface area contributed by atoms with Crippen molar-refractivity contribution in [3.8, 4) is 0 Å². The third kappa shape index (κ3) is 2.78. The van der Waals surface area contributed by atoms with E-state index < -0.39 is 0 Å².